The normalized spacial score (nSPS) is 11.3. The minimum atomic E-state index is -0.900. The zero-order valence-corrected chi connectivity index (χ0v) is 8.19. The maximum atomic E-state index is 10.2. The number of ether oxygens (including phenoxy) is 1. The Kier molecular flexibility index (Phi) is 7.24. The van der Waals surface area contributed by atoms with Gasteiger partial charge >= 0.3 is 5.97 Å². The Morgan fingerprint density at radius 2 is 2.31 bits per heavy atom. The van der Waals surface area contributed by atoms with Crippen LogP contribution in [0.5, 0.6) is 0 Å². The fourth-order valence-electron chi connectivity index (χ4n) is 0.901. The van der Waals surface area contributed by atoms with E-state index >= 15 is 0 Å². The average Bonchev–Trinajstić information content (AvgIpc) is 2.10. The van der Waals surface area contributed by atoms with Gasteiger partial charge in [-0.2, -0.15) is 0 Å². The first kappa shape index (κ1) is 12.1. The summed E-state index contributed by atoms with van der Waals surface area (Å²) in [7, 11) is 1.65. The molecule has 0 atom stereocenters. The van der Waals surface area contributed by atoms with Gasteiger partial charge in [-0.3, -0.25) is 4.90 Å². The van der Waals surface area contributed by atoms with Crippen molar-refractivity contribution >= 4 is 5.97 Å². The molecule has 4 heteroatoms. The molecule has 13 heavy (non-hydrogen) atoms. The van der Waals surface area contributed by atoms with Gasteiger partial charge in [-0.25, -0.2) is 4.79 Å². The van der Waals surface area contributed by atoms with E-state index in [0.717, 1.165) is 19.2 Å². The minimum Gasteiger partial charge on any atom is -0.478 e. The highest BCUT2D eigenvalue weighted by Crippen LogP contribution is 1.88. The molecule has 0 unspecified atom stereocenters. The molecule has 0 radical (unpaired) electrons. The Hall–Kier alpha value is -0.870. The smallest absolute Gasteiger partial charge is 0.328 e. The van der Waals surface area contributed by atoms with Gasteiger partial charge in [-0.05, 0) is 6.54 Å². The SMILES string of the molecule is CCN(CC=CC(=O)O)CCOC. The van der Waals surface area contributed by atoms with Crippen LogP contribution in [-0.2, 0) is 9.53 Å². The number of carbonyl (C=O) groups is 1. The van der Waals surface area contributed by atoms with Crippen molar-refractivity contribution in [1.82, 2.24) is 4.90 Å². The maximum Gasteiger partial charge on any atom is 0.328 e. The molecule has 0 saturated carbocycles. The van der Waals surface area contributed by atoms with E-state index in [1.165, 1.54) is 0 Å². The number of nitrogens with zero attached hydrogens (tertiary/aromatic N) is 1. The van der Waals surface area contributed by atoms with Crippen molar-refractivity contribution in [3.05, 3.63) is 12.2 Å². The summed E-state index contributed by atoms with van der Waals surface area (Å²) in [6.07, 6.45) is 2.80. The molecule has 0 aliphatic rings. The van der Waals surface area contributed by atoms with E-state index in [1.54, 1.807) is 13.2 Å². The maximum absolute atomic E-state index is 10.2. The van der Waals surface area contributed by atoms with Crippen molar-refractivity contribution in [1.29, 1.82) is 0 Å². The highest BCUT2D eigenvalue weighted by molar-refractivity contribution is 5.79. The van der Waals surface area contributed by atoms with Gasteiger partial charge < -0.3 is 9.84 Å². The van der Waals surface area contributed by atoms with Crippen molar-refractivity contribution in [2.75, 3.05) is 33.4 Å². The van der Waals surface area contributed by atoms with E-state index in [9.17, 15) is 4.79 Å². The van der Waals surface area contributed by atoms with Crippen LogP contribution in [0.3, 0.4) is 0 Å². The molecule has 0 spiro atoms. The molecule has 0 amide bonds. The number of methoxy groups -OCH3 is 1. The summed E-state index contributed by atoms with van der Waals surface area (Å²) in [5.41, 5.74) is 0. The van der Waals surface area contributed by atoms with Crippen LogP contribution in [0.1, 0.15) is 6.92 Å². The first-order chi connectivity index (χ1) is 6.20. The standard InChI is InChI=1S/C9H17NO3/c1-3-10(7-8-13-2)6-4-5-9(11)12/h4-5H,3,6-8H2,1-2H3,(H,11,12). The summed E-state index contributed by atoms with van der Waals surface area (Å²) in [5.74, 6) is -0.900. The zero-order valence-electron chi connectivity index (χ0n) is 8.19. The molecule has 0 rings (SSSR count). The number of aliphatic carboxylic acids is 1. The van der Waals surface area contributed by atoms with E-state index in [2.05, 4.69) is 4.90 Å². The molecule has 1 N–H and O–H groups in total. The summed E-state index contributed by atoms with van der Waals surface area (Å²) < 4.78 is 4.92. The third-order valence-corrected chi connectivity index (χ3v) is 1.68. The second kappa shape index (κ2) is 7.76. The molecule has 0 fully saturated rings. The van der Waals surface area contributed by atoms with Gasteiger partial charge in [0, 0.05) is 26.3 Å². The number of hydrogen-bond donors (Lipinski definition) is 1. The molecular formula is C9H17NO3. The van der Waals surface area contributed by atoms with Crippen LogP contribution in [0.25, 0.3) is 0 Å². The van der Waals surface area contributed by atoms with Crippen LogP contribution in [0.2, 0.25) is 0 Å². The van der Waals surface area contributed by atoms with Crippen LogP contribution >= 0.6 is 0 Å². The third-order valence-electron chi connectivity index (χ3n) is 1.68. The summed E-state index contributed by atoms with van der Waals surface area (Å²) >= 11 is 0. The van der Waals surface area contributed by atoms with Gasteiger partial charge in [0.1, 0.15) is 0 Å². The van der Waals surface area contributed by atoms with Gasteiger partial charge in [0.2, 0.25) is 0 Å². The lowest BCUT2D eigenvalue weighted by atomic mass is 10.4. The molecule has 4 nitrogen and oxygen atoms in total. The average molecular weight is 187 g/mol. The topological polar surface area (TPSA) is 49.8 Å². The number of carboxylic acids is 1. The zero-order chi connectivity index (χ0) is 10.1. The van der Waals surface area contributed by atoms with Gasteiger partial charge in [0.25, 0.3) is 0 Å². The molecule has 0 aromatic rings. The second-order valence-electron chi connectivity index (χ2n) is 2.63. The molecule has 0 aliphatic heterocycles. The van der Waals surface area contributed by atoms with E-state index in [0.29, 0.717) is 13.2 Å². The summed E-state index contributed by atoms with van der Waals surface area (Å²) in [5, 5.41) is 8.35. The second-order valence-corrected chi connectivity index (χ2v) is 2.63. The quantitative estimate of drug-likeness (QED) is 0.593. The predicted molar refractivity (Wildman–Crippen MR) is 50.8 cm³/mol. The van der Waals surface area contributed by atoms with Gasteiger partial charge in [-0.1, -0.05) is 13.0 Å². The summed E-state index contributed by atoms with van der Waals surface area (Å²) in [6, 6.07) is 0. The van der Waals surface area contributed by atoms with Crippen LogP contribution < -0.4 is 0 Å². The molecule has 0 aliphatic carbocycles. The third kappa shape index (κ3) is 7.49. The fourth-order valence-corrected chi connectivity index (χ4v) is 0.901. The largest absolute Gasteiger partial charge is 0.478 e. The van der Waals surface area contributed by atoms with E-state index in [1.807, 2.05) is 6.92 Å². The molecule has 0 aromatic heterocycles. The predicted octanol–water partition coefficient (Wildman–Crippen LogP) is 0.596. The molecule has 76 valence electrons. The van der Waals surface area contributed by atoms with Gasteiger partial charge in [0.15, 0.2) is 0 Å². The van der Waals surface area contributed by atoms with Crippen molar-refractivity contribution in [2.24, 2.45) is 0 Å². The van der Waals surface area contributed by atoms with Crippen LogP contribution in [0.15, 0.2) is 12.2 Å². The first-order valence-electron chi connectivity index (χ1n) is 4.31. The molecule has 0 bridgehead atoms. The molecule has 0 saturated heterocycles. The molecule has 0 heterocycles. The Morgan fingerprint density at radius 1 is 1.62 bits per heavy atom. The Balaban J connectivity index is 3.64. The van der Waals surface area contributed by atoms with Crippen molar-refractivity contribution in [2.45, 2.75) is 6.92 Å². The highest BCUT2D eigenvalue weighted by Gasteiger charge is 1.98. The van der Waals surface area contributed by atoms with E-state index in [4.69, 9.17) is 9.84 Å². The van der Waals surface area contributed by atoms with Crippen LogP contribution in [0.4, 0.5) is 0 Å². The first-order valence-corrected chi connectivity index (χ1v) is 4.31. The Bertz CT molecular complexity index is 168. The lowest BCUT2D eigenvalue weighted by Crippen LogP contribution is -2.27. The van der Waals surface area contributed by atoms with Crippen LogP contribution in [0, 0.1) is 0 Å². The highest BCUT2D eigenvalue weighted by atomic mass is 16.5. The number of carboxylic acid groups (broad SMARTS) is 1. The Labute approximate surface area is 78.8 Å². The number of likely N-dealkylation sites (N-methyl/N-ethyl adjacent to an activating group) is 1. The lowest BCUT2D eigenvalue weighted by Gasteiger charge is -2.17. The summed E-state index contributed by atoms with van der Waals surface area (Å²) in [4.78, 5) is 12.3. The molecular weight excluding hydrogens is 170 g/mol. The summed E-state index contributed by atoms with van der Waals surface area (Å²) in [6.45, 7) is 5.09. The lowest BCUT2D eigenvalue weighted by molar-refractivity contribution is -0.131. The molecule has 0 aromatic carbocycles. The monoisotopic (exact) mass is 187 g/mol. The van der Waals surface area contributed by atoms with E-state index < -0.39 is 5.97 Å². The Morgan fingerprint density at radius 3 is 2.77 bits per heavy atom. The van der Waals surface area contributed by atoms with Crippen LogP contribution in [-0.4, -0.2) is 49.3 Å². The minimum absolute atomic E-state index is 0.659. The fraction of sp³-hybridized carbons (Fsp3) is 0.667. The van der Waals surface area contributed by atoms with Crippen molar-refractivity contribution < 1.29 is 14.6 Å². The van der Waals surface area contributed by atoms with Crippen molar-refractivity contribution in [3.8, 4) is 0 Å². The number of hydrogen-bond acceptors (Lipinski definition) is 3. The van der Waals surface area contributed by atoms with Crippen molar-refractivity contribution in [3.63, 3.8) is 0 Å². The van der Waals surface area contributed by atoms with Gasteiger partial charge in [0.05, 0.1) is 6.61 Å². The van der Waals surface area contributed by atoms with Gasteiger partial charge in [-0.15, -0.1) is 0 Å². The van der Waals surface area contributed by atoms with E-state index in [-0.39, 0.29) is 0 Å². The number of rotatable bonds is 7.